The molecule has 4 heteroatoms. The third kappa shape index (κ3) is 4.40. The predicted octanol–water partition coefficient (Wildman–Crippen LogP) is 2.57. The van der Waals surface area contributed by atoms with E-state index in [4.69, 9.17) is 14.2 Å². The second-order valence-corrected chi connectivity index (χ2v) is 5.15. The molecular formula is C15H23NO3. The Bertz CT molecular complexity index is 393. The van der Waals surface area contributed by atoms with Crippen LogP contribution < -0.4 is 14.8 Å². The molecule has 19 heavy (non-hydrogen) atoms. The predicted molar refractivity (Wildman–Crippen MR) is 74.5 cm³/mol. The molecule has 2 rings (SSSR count). The van der Waals surface area contributed by atoms with E-state index >= 15 is 0 Å². The Labute approximate surface area is 115 Å². The highest BCUT2D eigenvalue weighted by Gasteiger charge is 2.16. The lowest BCUT2D eigenvalue weighted by molar-refractivity contribution is 0.108. The van der Waals surface area contributed by atoms with Crippen LogP contribution in [0.25, 0.3) is 0 Å². The summed E-state index contributed by atoms with van der Waals surface area (Å²) in [4.78, 5) is 0. The maximum Gasteiger partial charge on any atom is 0.231 e. The summed E-state index contributed by atoms with van der Waals surface area (Å²) in [5.41, 5.74) is 1.15. The standard InChI is InChI=1S/C15H23NO3/c1-12(2)10-17-8-4-7-16-9-13-5-3-6-14-15(13)19-11-18-14/h3,5-6,12,16H,4,7-11H2,1-2H3. The van der Waals surface area contributed by atoms with Crippen LogP contribution in [0, 0.1) is 5.92 Å². The molecule has 0 saturated carbocycles. The van der Waals surface area contributed by atoms with Crippen molar-refractivity contribution >= 4 is 0 Å². The molecule has 0 fully saturated rings. The molecule has 1 aromatic rings. The van der Waals surface area contributed by atoms with E-state index in [0.717, 1.165) is 49.8 Å². The van der Waals surface area contributed by atoms with Gasteiger partial charge in [-0.3, -0.25) is 0 Å². The molecule has 4 nitrogen and oxygen atoms in total. The maximum atomic E-state index is 5.54. The van der Waals surface area contributed by atoms with Gasteiger partial charge in [0.1, 0.15) is 0 Å². The minimum atomic E-state index is 0.329. The van der Waals surface area contributed by atoms with Crippen molar-refractivity contribution in [2.75, 3.05) is 26.6 Å². The molecule has 0 saturated heterocycles. The van der Waals surface area contributed by atoms with Crippen LogP contribution in [-0.4, -0.2) is 26.6 Å². The molecule has 0 bridgehead atoms. The highest BCUT2D eigenvalue weighted by molar-refractivity contribution is 5.48. The molecule has 0 amide bonds. The summed E-state index contributed by atoms with van der Waals surface area (Å²) >= 11 is 0. The fourth-order valence-corrected chi connectivity index (χ4v) is 1.97. The van der Waals surface area contributed by atoms with Crippen LogP contribution in [0.3, 0.4) is 0 Å². The number of hydrogen-bond donors (Lipinski definition) is 1. The topological polar surface area (TPSA) is 39.7 Å². The number of ether oxygens (including phenoxy) is 3. The molecular weight excluding hydrogens is 242 g/mol. The number of nitrogens with one attached hydrogen (secondary N) is 1. The molecule has 106 valence electrons. The SMILES string of the molecule is CC(C)COCCCNCc1cccc2c1OCO2. The Morgan fingerprint density at radius 2 is 2.21 bits per heavy atom. The van der Waals surface area contributed by atoms with Gasteiger partial charge >= 0.3 is 0 Å². The second-order valence-electron chi connectivity index (χ2n) is 5.15. The molecule has 1 heterocycles. The first-order chi connectivity index (χ1) is 9.27. The molecule has 0 aromatic heterocycles. The van der Waals surface area contributed by atoms with Crippen LogP contribution in [-0.2, 0) is 11.3 Å². The lowest BCUT2D eigenvalue weighted by Gasteiger charge is -2.09. The Kier molecular flexibility index (Phi) is 5.48. The van der Waals surface area contributed by atoms with Gasteiger partial charge in [-0.15, -0.1) is 0 Å². The van der Waals surface area contributed by atoms with Crippen molar-refractivity contribution in [2.45, 2.75) is 26.8 Å². The zero-order valence-electron chi connectivity index (χ0n) is 11.8. The average molecular weight is 265 g/mol. The summed E-state index contributed by atoms with van der Waals surface area (Å²) in [5.74, 6) is 2.34. The van der Waals surface area contributed by atoms with Crippen LogP contribution in [0.1, 0.15) is 25.8 Å². The van der Waals surface area contributed by atoms with E-state index in [1.54, 1.807) is 0 Å². The van der Waals surface area contributed by atoms with Crippen molar-refractivity contribution in [1.29, 1.82) is 0 Å². The normalized spacial score (nSPS) is 13.2. The summed E-state index contributed by atoms with van der Waals surface area (Å²) in [6, 6.07) is 6.00. The number of benzene rings is 1. The molecule has 1 aliphatic heterocycles. The molecule has 1 aliphatic rings. The van der Waals surface area contributed by atoms with Gasteiger partial charge in [0.2, 0.25) is 6.79 Å². The van der Waals surface area contributed by atoms with Gasteiger partial charge in [-0.25, -0.2) is 0 Å². The number of fused-ring (bicyclic) bond motifs is 1. The first-order valence-corrected chi connectivity index (χ1v) is 6.93. The lowest BCUT2D eigenvalue weighted by Crippen LogP contribution is -2.17. The third-order valence-electron chi connectivity index (χ3n) is 2.89. The van der Waals surface area contributed by atoms with Gasteiger partial charge in [-0.1, -0.05) is 26.0 Å². The lowest BCUT2D eigenvalue weighted by atomic mass is 10.2. The van der Waals surface area contributed by atoms with E-state index in [9.17, 15) is 0 Å². The third-order valence-corrected chi connectivity index (χ3v) is 2.89. The van der Waals surface area contributed by atoms with Crippen LogP contribution in [0.5, 0.6) is 11.5 Å². The first kappa shape index (κ1) is 14.2. The Morgan fingerprint density at radius 3 is 3.05 bits per heavy atom. The minimum Gasteiger partial charge on any atom is -0.454 e. The maximum absolute atomic E-state index is 5.54. The molecule has 1 N–H and O–H groups in total. The van der Waals surface area contributed by atoms with Gasteiger partial charge in [0.15, 0.2) is 11.5 Å². The fraction of sp³-hybridized carbons (Fsp3) is 0.600. The van der Waals surface area contributed by atoms with Gasteiger partial charge in [-0.2, -0.15) is 0 Å². The van der Waals surface area contributed by atoms with Crippen LogP contribution in [0.4, 0.5) is 0 Å². The smallest absolute Gasteiger partial charge is 0.231 e. The summed E-state index contributed by atoms with van der Waals surface area (Å²) < 4.78 is 16.4. The quantitative estimate of drug-likeness (QED) is 0.733. The first-order valence-electron chi connectivity index (χ1n) is 6.93. The summed E-state index contributed by atoms with van der Waals surface area (Å²) in [6.45, 7) is 8.07. The van der Waals surface area contributed by atoms with Crippen molar-refractivity contribution in [2.24, 2.45) is 5.92 Å². The number of rotatable bonds is 8. The molecule has 0 unspecified atom stereocenters. The number of hydrogen-bond acceptors (Lipinski definition) is 4. The zero-order valence-corrected chi connectivity index (χ0v) is 11.8. The van der Waals surface area contributed by atoms with E-state index in [-0.39, 0.29) is 0 Å². The van der Waals surface area contributed by atoms with Crippen molar-refractivity contribution in [1.82, 2.24) is 5.32 Å². The van der Waals surface area contributed by atoms with Crippen molar-refractivity contribution < 1.29 is 14.2 Å². The van der Waals surface area contributed by atoms with E-state index < -0.39 is 0 Å². The Hall–Kier alpha value is -1.26. The van der Waals surface area contributed by atoms with E-state index in [0.29, 0.717) is 12.7 Å². The summed E-state index contributed by atoms with van der Waals surface area (Å²) in [5, 5.41) is 3.40. The van der Waals surface area contributed by atoms with E-state index in [1.807, 2.05) is 12.1 Å². The Balaban J connectivity index is 1.63. The van der Waals surface area contributed by atoms with Crippen molar-refractivity contribution in [3.05, 3.63) is 23.8 Å². The molecule has 0 aliphatic carbocycles. The molecule has 0 radical (unpaired) electrons. The highest BCUT2D eigenvalue weighted by Crippen LogP contribution is 2.35. The fourth-order valence-electron chi connectivity index (χ4n) is 1.97. The largest absolute Gasteiger partial charge is 0.454 e. The van der Waals surface area contributed by atoms with E-state index in [1.165, 1.54) is 0 Å². The van der Waals surface area contributed by atoms with Gasteiger partial charge in [0, 0.05) is 25.3 Å². The molecule has 1 aromatic carbocycles. The van der Waals surface area contributed by atoms with E-state index in [2.05, 4.69) is 25.2 Å². The van der Waals surface area contributed by atoms with Gasteiger partial charge < -0.3 is 19.5 Å². The van der Waals surface area contributed by atoms with Crippen LogP contribution >= 0.6 is 0 Å². The summed E-state index contributed by atoms with van der Waals surface area (Å²) in [6.07, 6.45) is 1.03. The minimum absolute atomic E-state index is 0.329. The van der Waals surface area contributed by atoms with Gasteiger partial charge in [0.05, 0.1) is 0 Å². The van der Waals surface area contributed by atoms with Gasteiger partial charge in [-0.05, 0) is 24.9 Å². The van der Waals surface area contributed by atoms with Gasteiger partial charge in [0.25, 0.3) is 0 Å². The number of para-hydroxylation sites is 1. The average Bonchev–Trinajstić information content (AvgIpc) is 2.86. The van der Waals surface area contributed by atoms with Crippen LogP contribution in [0.15, 0.2) is 18.2 Å². The highest BCUT2D eigenvalue weighted by atomic mass is 16.7. The molecule has 0 atom stereocenters. The summed E-state index contributed by atoms with van der Waals surface area (Å²) in [7, 11) is 0. The van der Waals surface area contributed by atoms with Crippen molar-refractivity contribution in [3.8, 4) is 11.5 Å². The Morgan fingerprint density at radius 1 is 1.32 bits per heavy atom. The van der Waals surface area contributed by atoms with Crippen molar-refractivity contribution in [3.63, 3.8) is 0 Å². The molecule has 0 spiro atoms. The monoisotopic (exact) mass is 265 g/mol. The second kappa shape index (κ2) is 7.36. The van der Waals surface area contributed by atoms with Crippen LogP contribution in [0.2, 0.25) is 0 Å². The zero-order chi connectivity index (χ0) is 13.5.